The number of hydrazone groups is 1. The van der Waals surface area contributed by atoms with Gasteiger partial charge < -0.3 is 9.84 Å². The Morgan fingerprint density at radius 2 is 1.95 bits per heavy atom. The van der Waals surface area contributed by atoms with Crippen molar-refractivity contribution in [3.05, 3.63) is 52.5 Å². The van der Waals surface area contributed by atoms with Gasteiger partial charge in [0.15, 0.2) is 0 Å². The first-order chi connectivity index (χ1) is 9.19. The van der Waals surface area contributed by atoms with Crippen molar-refractivity contribution in [1.82, 2.24) is 0 Å². The molecule has 0 fully saturated rings. The average Bonchev–Trinajstić information content (AvgIpc) is 2.43. The molecule has 0 saturated carbocycles. The summed E-state index contributed by atoms with van der Waals surface area (Å²) in [6.07, 6.45) is 1.54. The molecule has 2 aromatic carbocycles. The van der Waals surface area contributed by atoms with E-state index in [0.717, 1.165) is 10.2 Å². The maximum absolute atomic E-state index is 9.68. The lowest BCUT2D eigenvalue weighted by Crippen LogP contribution is -1.92. The Labute approximate surface area is 119 Å². The van der Waals surface area contributed by atoms with Crippen LogP contribution in [0.25, 0.3) is 0 Å². The summed E-state index contributed by atoms with van der Waals surface area (Å²) in [5, 5.41) is 13.8. The van der Waals surface area contributed by atoms with Gasteiger partial charge in [-0.05, 0) is 42.5 Å². The van der Waals surface area contributed by atoms with E-state index in [1.165, 1.54) is 0 Å². The van der Waals surface area contributed by atoms with Crippen LogP contribution in [0, 0.1) is 0 Å². The summed E-state index contributed by atoms with van der Waals surface area (Å²) in [5.41, 5.74) is 4.33. The zero-order chi connectivity index (χ0) is 13.7. The van der Waals surface area contributed by atoms with Gasteiger partial charge in [0.25, 0.3) is 0 Å². The molecule has 0 aromatic heterocycles. The molecule has 0 spiro atoms. The van der Waals surface area contributed by atoms with Gasteiger partial charge in [0, 0.05) is 10.0 Å². The van der Waals surface area contributed by atoms with Crippen molar-refractivity contribution in [3.8, 4) is 11.5 Å². The van der Waals surface area contributed by atoms with Gasteiger partial charge in [-0.3, -0.25) is 5.43 Å². The van der Waals surface area contributed by atoms with E-state index in [2.05, 4.69) is 26.5 Å². The number of ether oxygens (including phenoxy) is 1. The molecule has 2 N–H and O–H groups in total. The van der Waals surface area contributed by atoms with Gasteiger partial charge in [-0.2, -0.15) is 5.10 Å². The minimum absolute atomic E-state index is 0.155. The van der Waals surface area contributed by atoms with Crippen molar-refractivity contribution in [1.29, 1.82) is 0 Å². The van der Waals surface area contributed by atoms with Gasteiger partial charge in [-0.1, -0.05) is 15.9 Å². The highest BCUT2D eigenvalue weighted by molar-refractivity contribution is 9.10. The molecule has 0 atom stereocenters. The highest BCUT2D eigenvalue weighted by atomic mass is 79.9. The molecule has 0 radical (unpaired) electrons. The van der Waals surface area contributed by atoms with Crippen LogP contribution in [0.2, 0.25) is 0 Å². The highest BCUT2D eigenvalue weighted by Gasteiger charge is 2.00. The number of hydrogen-bond donors (Lipinski definition) is 2. The summed E-state index contributed by atoms with van der Waals surface area (Å²) in [6.45, 7) is 0. The van der Waals surface area contributed by atoms with Crippen LogP contribution in [0.1, 0.15) is 5.56 Å². The fourth-order valence-electron chi connectivity index (χ4n) is 1.46. The van der Waals surface area contributed by atoms with Gasteiger partial charge in [0.2, 0.25) is 0 Å². The molecule has 4 nitrogen and oxygen atoms in total. The topological polar surface area (TPSA) is 53.9 Å². The molecular weight excluding hydrogens is 308 g/mol. The fourth-order valence-corrected chi connectivity index (χ4v) is 1.73. The number of hydrogen-bond acceptors (Lipinski definition) is 4. The number of nitrogens with zero attached hydrogens (tertiary/aromatic N) is 1. The summed E-state index contributed by atoms with van der Waals surface area (Å²) < 4.78 is 6.10. The Kier molecular flexibility index (Phi) is 4.41. The zero-order valence-corrected chi connectivity index (χ0v) is 11.9. The van der Waals surface area contributed by atoms with Gasteiger partial charge in [-0.15, -0.1) is 0 Å². The lowest BCUT2D eigenvalue weighted by atomic mass is 10.2. The summed E-state index contributed by atoms with van der Waals surface area (Å²) in [6, 6.07) is 12.6. The third-order valence-corrected chi connectivity index (χ3v) is 3.00. The molecule has 0 bridgehead atoms. The van der Waals surface area contributed by atoms with E-state index in [9.17, 15) is 5.11 Å². The number of aromatic hydroxyl groups is 1. The molecule has 0 aliphatic carbocycles. The van der Waals surface area contributed by atoms with Gasteiger partial charge in [-0.25, -0.2) is 0 Å². The second-order valence-corrected chi connectivity index (χ2v) is 4.72. The summed E-state index contributed by atoms with van der Waals surface area (Å²) >= 11 is 3.36. The molecule has 0 heterocycles. The Hall–Kier alpha value is -2.01. The molecule has 2 rings (SSSR count). The fraction of sp³-hybridized carbons (Fsp3) is 0.0714. The molecule has 0 aliphatic heterocycles. The monoisotopic (exact) mass is 320 g/mol. The Morgan fingerprint density at radius 3 is 2.63 bits per heavy atom. The number of phenolic OH excluding ortho intramolecular Hbond substituents is 1. The van der Waals surface area contributed by atoms with E-state index < -0.39 is 0 Å². The smallest absolute Gasteiger partial charge is 0.124 e. The molecule has 2 aromatic rings. The van der Waals surface area contributed by atoms with E-state index in [1.807, 2.05) is 24.3 Å². The third kappa shape index (κ3) is 3.72. The van der Waals surface area contributed by atoms with Crippen LogP contribution in [0.15, 0.2) is 52.0 Å². The van der Waals surface area contributed by atoms with Crippen LogP contribution in [0.3, 0.4) is 0 Å². The molecule has 0 unspecified atom stereocenters. The largest absolute Gasteiger partial charge is 0.507 e. The number of methoxy groups -OCH3 is 1. The van der Waals surface area contributed by atoms with Gasteiger partial charge in [0.05, 0.1) is 19.0 Å². The second-order valence-electron chi connectivity index (χ2n) is 3.80. The lowest BCUT2D eigenvalue weighted by molar-refractivity contribution is 0.412. The SMILES string of the molecule is COc1ccc(O)c(/C=N/Nc2ccc(Br)cc2)c1. The lowest BCUT2D eigenvalue weighted by Gasteiger charge is -2.03. The molecular formula is C14H13BrN2O2. The normalized spacial score (nSPS) is 10.6. The van der Waals surface area contributed by atoms with Crippen LogP contribution in [-0.2, 0) is 0 Å². The maximum Gasteiger partial charge on any atom is 0.124 e. The minimum Gasteiger partial charge on any atom is -0.507 e. The van der Waals surface area contributed by atoms with Crippen LogP contribution >= 0.6 is 15.9 Å². The Balaban J connectivity index is 2.08. The number of benzene rings is 2. The minimum atomic E-state index is 0.155. The summed E-state index contributed by atoms with van der Waals surface area (Å²) in [7, 11) is 1.58. The van der Waals surface area contributed by atoms with E-state index in [0.29, 0.717) is 11.3 Å². The number of phenols is 1. The summed E-state index contributed by atoms with van der Waals surface area (Å²) in [5.74, 6) is 0.824. The van der Waals surface area contributed by atoms with Crippen LogP contribution in [-0.4, -0.2) is 18.4 Å². The van der Waals surface area contributed by atoms with Crippen molar-refractivity contribution >= 4 is 27.8 Å². The van der Waals surface area contributed by atoms with Crippen LogP contribution < -0.4 is 10.2 Å². The van der Waals surface area contributed by atoms with Crippen molar-refractivity contribution in [2.45, 2.75) is 0 Å². The molecule has 5 heteroatoms. The first-order valence-corrected chi connectivity index (χ1v) is 6.40. The predicted molar refractivity (Wildman–Crippen MR) is 80.0 cm³/mol. The molecule has 0 saturated heterocycles. The predicted octanol–water partition coefficient (Wildman–Crippen LogP) is 3.61. The summed E-state index contributed by atoms with van der Waals surface area (Å²) in [4.78, 5) is 0. The quantitative estimate of drug-likeness (QED) is 0.668. The zero-order valence-electron chi connectivity index (χ0n) is 10.3. The van der Waals surface area contributed by atoms with E-state index in [1.54, 1.807) is 31.5 Å². The number of anilines is 1. The first-order valence-electron chi connectivity index (χ1n) is 5.60. The Morgan fingerprint density at radius 1 is 1.21 bits per heavy atom. The van der Waals surface area contributed by atoms with Gasteiger partial charge in [0.1, 0.15) is 11.5 Å². The van der Waals surface area contributed by atoms with Crippen LogP contribution in [0.4, 0.5) is 5.69 Å². The molecule has 0 amide bonds. The molecule has 19 heavy (non-hydrogen) atoms. The van der Waals surface area contributed by atoms with Crippen molar-refractivity contribution in [2.75, 3.05) is 12.5 Å². The number of nitrogens with one attached hydrogen (secondary N) is 1. The van der Waals surface area contributed by atoms with Crippen molar-refractivity contribution < 1.29 is 9.84 Å². The standard InChI is InChI=1S/C14H13BrN2O2/c1-19-13-6-7-14(18)10(8-13)9-16-17-12-4-2-11(15)3-5-12/h2-9,17-18H,1H3/b16-9+. The molecule has 0 aliphatic rings. The third-order valence-electron chi connectivity index (χ3n) is 2.48. The van der Waals surface area contributed by atoms with Crippen LogP contribution in [0.5, 0.6) is 11.5 Å². The van der Waals surface area contributed by atoms with Crippen molar-refractivity contribution in [3.63, 3.8) is 0 Å². The van der Waals surface area contributed by atoms with Gasteiger partial charge >= 0.3 is 0 Å². The van der Waals surface area contributed by atoms with E-state index in [4.69, 9.17) is 4.74 Å². The number of rotatable bonds is 4. The van der Waals surface area contributed by atoms with E-state index >= 15 is 0 Å². The van der Waals surface area contributed by atoms with Crippen molar-refractivity contribution in [2.24, 2.45) is 5.10 Å². The average molecular weight is 321 g/mol. The first kappa shape index (κ1) is 13.4. The number of halogens is 1. The van der Waals surface area contributed by atoms with E-state index in [-0.39, 0.29) is 5.75 Å². The molecule has 98 valence electrons. The second kappa shape index (κ2) is 6.24. The Bertz CT molecular complexity index is 582. The maximum atomic E-state index is 9.68. The highest BCUT2D eigenvalue weighted by Crippen LogP contribution is 2.21.